The number of benzene rings is 1. The fraction of sp³-hybridized carbons (Fsp3) is 0.478. The molecule has 2 aromatic rings. The Morgan fingerprint density at radius 1 is 1.07 bits per heavy atom. The molecular weight excluding hydrogens is 353 g/mol. The smallest absolute Gasteiger partial charge is 0.255 e. The standard InChI is InChI=1S/C23H28FN3O/c1-16-9-11-26(12-10-16)23(28)19-5-8-22(25-14-19)27-15-20(13-17(27)2)18-3-6-21(24)7-4-18/h3-8,14,16-17,20H,9-13,15H2,1-2H3. The molecule has 1 amide bonds. The summed E-state index contributed by atoms with van der Waals surface area (Å²) in [5.41, 5.74) is 1.84. The molecule has 2 aliphatic heterocycles. The minimum Gasteiger partial charge on any atom is -0.353 e. The molecule has 148 valence electrons. The second kappa shape index (κ2) is 7.90. The van der Waals surface area contributed by atoms with E-state index in [2.05, 4.69) is 23.7 Å². The van der Waals surface area contributed by atoms with Crippen molar-refractivity contribution in [2.24, 2.45) is 5.92 Å². The van der Waals surface area contributed by atoms with Crippen LogP contribution in [0.25, 0.3) is 0 Å². The van der Waals surface area contributed by atoms with Gasteiger partial charge in [-0.3, -0.25) is 4.79 Å². The Labute approximate surface area is 166 Å². The first kappa shape index (κ1) is 18.9. The Bertz CT molecular complexity index is 813. The molecule has 0 saturated carbocycles. The largest absolute Gasteiger partial charge is 0.353 e. The number of anilines is 1. The number of nitrogens with zero attached hydrogens (tertiary/aromatic N) is 3. The summed E-state index contributed by atoms with van der Waals surface area (Å²) in [6, 6.07) is 11.0. The van der Waals surface area contributed by atoms with E-state index in [-0.39, 0.29) is 11.7 Å². The molecule has 2 atom stereocenters. The average molecular weight is 381 g/mol. The number of carbonyl (C=O) groups excluding carboxylic acids is 1. The molecule has 2 saturated heterocycles. The molecule has 1 aromatic heterocycles. The van der Waals surface area contributed by atoms with Crippen molar-refractivity contribution in [2.75, 3.05) is 24.5 Å². The van der Waals surface area contributed by atoms with Crippen LogP contribution in [-0.2, 0) is 0 Å². The normalized spacial score (nSPS) is 23.2. The molecule has 2 aliphatic rings. The SMILES string of the molecule is CC1CCN(C(=O)c2ccc(N3CC(c4ccc(F)cc4)CC3C)nc2)CC1. The fourth-order valence-corrected chi connectivity index (χ4v) is 4.40. The highest BCUT2D eigenvalue weighted by Crippen LogP contribution is 2.34. The van der Waals surface area contributed by atoms with Crippen molar-refractivity contribution in [1.29, 1.82) is 0 Å². The lowest BCUT2D eigenvalue weighted by atomic mass is 9.97. The molecule has 5 heteroatoms. The van der Waals surface area contributed by atoms with E-state index in [9.17, 15) is 9.18 Å². The van der Waals surface area contributed by atoms with Gasteiger partial charge in [0.05, 0.1) is 5.56 Å². The van der Waals surface area contributed by atoms with Gasteiger partial charge in [0.2, 0.25) is 0 Å². The monoisotopic (exact) mass is 381 g/mol. The van der Waals surface area contributed by atoms with Gasteiger partial charge in [-0.2, -0.15) is 0 Å². The summed E-state index contributed by atoms with van der Waals surface area (Å²) in [4.78, 5) is 21.5. The second-order valence-corrected chi connectivity index (χ2v) is 8.37. The van der Waals surface area contributed by atoms with Crippen LogP contribution in [0.2, 0.25) is 0 Å². The van der Waals surface area contributed by atoms with Crippen molar-refractivity contribution >= 4 is 11.7 Å². The van der Waals surface area contributed by atoms with Gasteiger partial charge < -0.3 is 9.80 Å². The zero-order chi connectivity index (χ0) is 19.7. The lowest BCUT2D eigenvalue weighted by Crippen LogP contribution is -2.38. The van der Waals surface area contributed by atoms with Gasteiger partial charge >= 0.3 is 0 Å². The first-order chi connectivity index (χ1) is 13.5. The maximum atomic E-state index is 13.2. The van der Waals surface area contributed by atoms with Crippen molar-refractivity contribution in [3.8, 4) is 0 Å². The number of aromatic nitrogens is 1. The summed E-state index contributed by atoms with van der Waals surface area (Å²) in [6.07, 6.45) is 4.88. The topological polar surface area (TPSA) is 36.4 Å². The van der Waals surface area contributed by atoms with E-state index < -0.39 is 0 Å². The molecule has 3 heterocycles. The van der Waals surface area contributed by atoms with Gasteiger partial charge in [0.1, 0.15) is 11.6 Å². The Morgan fingerprint density at radius 3 is 2.43 bits per heavy atom. The highest BCUT2D eigenvalue weighted by atomic mass is 19.1. The molecule has 1 aromatic carbocycles. The fourth-order valence-electron chi connectivity index (χ4n) is 4.40. The summed E-state index contributed by atoms with van der Waals surface area (Å²) >= 11 is 0. The van der Waals surface area contributed by atoms with Gasteiger partial charge in [0, 0.05) is 37.8 Å². The predicted molar refractivity (Wildman–Crippen MR) is 109 cm³/mol. The van der Waals surface area contributed by atoms with Crippen molar-refractivity contribution in [3.05, 3.63) is 59.5 Å². The van der Waals surface area contributed by atoms with Crippen LogP contribution in [0.4, 0.5) is 10.2 Å². The highest BCUT2D eigenvalue weighted by molar-refractivity contribution is 5.94. The number of carbonyl (C=O) groups is 1. The number of amides is 1. The zero-order valence-electron chi connectivity index (χ0n) is 16.6. The number of halogens is 1. The summed E-state index contributed by atoms with van der Waals surface area (Å²) in [7, 11) is 0. The molecule has 2 fully saturated rings. The van der Waals surface area contributed by atoms with E-state index in [4.69, 9.17) is 0 Å². The van der Waals surface area contributed by atoms with Crippen molar-refractivity contribution in [3.63, 3.8) is 0 Å². The second-order valence-electron chi connectivity index (χ2n) is 8.37. The molecule has 28 heavy (non-hydrogen) atoms. The van der Waals surface area contributed by atoms with E-state index in [1.54, 1.807) is 6.20 Å². The van der Waals surface area contributed by atoms with Gasteiger partial charge in [-0.05, 0) is 61.9 Å². The lowest BCUT2D eigenvalue weighted by molar-refractivity contribution is 0.0697. The third-order valence-corrected chi connectivity index (χ3v) is 6.28. The predicted octanol–water partition coefficient (Wildman–Crippen LogP) is 4.48. The first-order valence-electron chi connectivity index (χ1n) is 10.3. The first-order valence-corrected chi connectivity index (χ1v) is 10.3. The Kier molecular flexibility index (Phi) is 5.33. The van der Waals surface area contributed by atoms with Crippen LogP contribution in [-0.4, -0.2) is 41.5 Å². The Hall–Kier alpha value is -2.43. The van der Waals surface area contributed by atoms with Crippen molar-refractivity contribution < 1.29 is 9.18 Å². The third kappa shape index (κ3) is 3.89. The number of hydrogen-bond acceptors (Lipinski definition) is 3. The van der Waals surface area contributed by atoms with Crippen LogP contribution in [0, 0.1) is 11.7 Å². The third-order valence-electron chi connectivity index (χ3n) is 6.28. The quantitative estimate of drug-likeness (QED) is 0.787. The molecule has 0 radical (unpaired) electrons. The number of hydrogen-bond donors (Lipinski definition) is 0. The van der Waals surface area contributed by atoms with Gasteiger partial charge in [0.15, 0.2) is 0 Å². The van der Waals surface area contributed by atoms with Crippen LogP contribution in [0.15, 0.2) is 42.6 Å². The van der Waals surface area contributed by atoms with Crippen molar-refractivity contribution in [1.82, 2.24) is 9.88 Å². The molecule has 0 N–H and O–H groups in total. The van der Waals surface area contributed by atoms with Crippen LogP contribution >= 0.6 is 0 Å². The van der Waals surface area contributed by atoms with Crippen LogP contribution in [0.5, 0.6) is 0 Å². The minimum atomic E-state index is -0.197. The van der Waals surface area contributed by atoms with E-state index in [1.165, 1.54) is 17.7 Å². The number of likely N-dealkylation sites (tertiary alicyclic amines) is 1. The Morgan fingerprint density at radius 2 is 1.79 bits per heavy atom. The molecule has 4 rings (SSSR count). The molecular formula is C23H28FN3O. The summed E-state index contributed by atoms with van der Waals surface area (Å²) in [6.45, 7) is 6.97. The number of piperidine rings is 1. The van der Waals surface area contributed by atoms with Gasteiger partial charge in [-0.1, -0.05) is 19.1 Å². The molecule has 2 unspecified atom stereocenters. The summed E-state index contributed by atoms with van der Waals surface area (Å²) in [5.74, 6) is 1.87. The van der Waals surface area contributed by atoms with Gasteiger partial charge in [-0.25, -0.2) is 9.37 Å². The lowest BCUT2D eigenvalue weighted by Gasteiger charge is -2.30. The highest BCUT2D eigenvalue weighted by Gasteiger charge is 2.31. The average Bonchev–Trinajstić information content (AvgIpc) is 3.10. The van der Waals surface area contributed by atoms with E-state index in [0.717, 1.165) is 44.7 Å². The zero-order valence-corrected chi connectivity index (χ0v) is 16.6. The molecule has 0 spiro atoms. The van der Waals surface area contributed by atoms with Crippen molar-refractivity contribution in [2.45, 2.75) is 45.1 Å². The van der Waals surface area contributed by atoms with Crippen LogP contribution in [0.1, 0.15) is 54.9 Å². The van der Waals surface area contributed by atoms with Gasteiger partial charge in [-0.15, -0.1) is 0 Å². The summed E-state index contributed by atoms with van der Waals surface area (Å²) < 4.78 is 13.2. The molecule has 0 aliphatic carbocycles. The van der Waals surface area contributed by atoms with Crippen LogP contribution < -0.4 is 4.90 Å². The minimum absolute atomic E-state index is 0.0876. The van der Waals surface area contributed by atoms with E-state index in [0.29, 0.717) is 23.4 Å². The maximum absolute atomic E-state index is 13.2. The number of pyridine rings is 1. The summed E-state index contributed by atoms with van der Waals surface area (Å²) in [5, 5.41) is 0. The molecule has 4 nitrogen and oxygen atoms in total. The Balaban J connectivity index is 1.43. The van der Waals surface area contributed by atoms with E-state index >= 15 is 0 Å². The van der Waals surface area contributed by atoms with Crippen LogP contribution in [0.3, 0.4) is 0 Å². The maximum Gasteiger partial charge on any atom is 0.255 e. The van der Waals surface area contributed by atoms with E-state index in [1.807, 2.05) is 29.2 Å². The number of rotatable bonds is 3. The molecule has 0 bridgehead atoms. The van der Waals surface area contributed by atoms with Gasteiger partial charge in [0.25, 0.3) is 5.91 Å².